The minimum atomic E-state index is -4.27. The smallest absolute Gasteiger partial charge is 0.271 e. The monoisotopic (exact) mass is 250 g/mol. The van der Waals surface area contributed by atoms with Crippen molar-refractivity contribution in [1.29, 1.82) is 0 Å². The Kier molecular flexibility index (Phi) is 4.40. The van der Waals surface area contributed by atoms with Gasteiger partial charge in [-0.25, -0.2) is 4.18 Å². The summed E-state index contributed by atoms with van der Waals surface area (Å²) in [5.41, 5.74) is 0. The molecule has 0 amide bonds. The summed E-state index contributed by atoms with van der Waals surface area (Å²) in [7, 11) is -8.47. The van der Waals surface area contributed by atoms with E-state index in [1.54, 1.807) is 0 Å². The van der Waals surface area contributed by atoms with E-state index in [0.717, 1.165) is 7.11 Å². The Morgan fingerprint density at radius 3 is 1.92 bits per heavy atom. The van der Waals surface area contributed by atoms with Gasteiger partial charge in [-0.1, -0.05) is 0 Å². The molecule has 0 N–H and O–H groups in total. The largest absolute Gasteiger partial charge is 0.307 e. The molecule has 0 aromatic rings. The molecule has 1 unspecified atom stereocenters. The van der Waals surface area contributed by atoms with Crippen LogP contribution in [0.3, 0.4) is 0 Å². The highest BCUT2D eigenvalue weighted by Gasteiger charge is 2.30. The molecule has 1 atom stereocenters. The van der Waals surface area contributed by atoms with Gasteiger partial charge >= 0.3 is 10.1 Å². The summed E-state index contributed by atoms with van der Waals surface area (Å²) in [6.45, 7) is 0. The molecule has 0 fully saturated rings. The molecule has 0 aromatic carbocycles. The molecule has 0 heterocycles. The van der Waals surface area contributed by atoms with E-state index < -0.39 is 33.9 Å². The van der Waals surface area contributed by atoms with Gasteiger partial charge in [0.1, 0.15) is 0 Å². The van der Waals surface area contributed by atoms with Crippen LogP contribution in [0.5, 0.6) is 0 Å². The number of rotatable bonds is 5. The van der Waals surface area contributed by atoms with Crippen LogP contribution in [-0.2, 0) is 33.2 Å². The maximum atomic E-state index is 10.8. The van der Waals surface area contributed by atoms with Crippen LogP contribution in [0.25, 0.3) is 0 Å². The van der Waals surface area contributed by atoms with Gasteiger partial charge in [-0.15, -0.1) is 0 Å². The van der Waals surface area contributed by atoms with Crippen molar-refractivity contribution < 1.29 is 29.8 Å². The molecular weight excluding hydrogens is 243 g/mol. The fourth-order valence-electron chi connectivity index (χ4n) is 0.350. The van der Waals surface area contributed by atoms with E-state index in [-0.39, 0.29) is 0 Å². The first kappa shape index (κ1) is 12.9. The van der Waals surface area contributed by atoms with E-state index >= 15 is 0 Å². The van der Waals surface area contributed by atoms with Crippen molar-refractivity contribution in [1.82, 2.24) is 0 Å². The van der Waals surface area contributed by atoms with Crippen LogP contribution in [0.1, 0.15) is 0 Å². The molecule has 0 rings (SSSR count). The maximum absolute atomic E-state index is 10.8. The van der Waals surface area contributed by atoms with Gasteiger partial charge in [0.25, 0.3) is 15.3 Å². The Hall–Kier alpha value is -0.0800. The Morgan fingerprint density at radius 2 is 1.69 bits per heavy atom. The Labute approximate surface area is 77.5 Å². The predicted octanol–water partition coefficient (Wildman–Crippen LogP) is -0.486. The number of hydrogen-bond acceptors (Lipinski definition) is 7. The summed E-state index contributed by atoms with van der Waals surface area (Å²) >= 11 is 0. The fraction of sp³-hybridized carbons (Fsp3) is 1.00. The topological polar surface area (TPSA) is 104 Å². The van der Waals surface area contributed by atoms with Crippen molar-refractivity contribution in [3.8, 4) is 0 Å². The van der Waals surface area contributed by atoms with Crippen LogP contribution < -0.4 is 0 Å². The third-order valence-electron chi connectivity index (χ3n) is 0.822. The molecule has 0 bridgehead atoms. The highest BCUT2D eigenvalue weighted by Crippen LogP contribution is 2.18. The zero-order chi connectivity index (χ0) is 10.7. The Bertz CT molecular complexity index is 367. The van der Waals surface area contributed by atoms with Gasteiger partial charge < -0.3 is 0 Å². The molecule has 0 aromatic heterocycles. The van der Waals surface area contributed by atoms with Crippen molar-refractivity contribution in [2.45, 2.75) is 5.18 Å². The lowest BCUT2D eigenvalue weighted by Crippen LogP contribution is -2.22. The fourth-order valence-corrected chi connectivity index (χ4v) is 2.92. The molecule has 0 aliphatic carbocycles. The summed E-state index contributed by atoms with van der Waals surface area (Å²) in [4.78, 5) is 0. The van der Waals surface area contributed by atoms with Crippen molar-refractivity contribution in [2.24, 2.45) is 0 Å². The molecule has 0 aliphatic rings. The van der Waals surface area contributed by atoms with Crippen LogP contribution >= 0.6 is 8.46 Å². The molecule has 0 saturated heterocycles. The summed E-state index contributed by atoms with van der Waals surface area (Å²) in [6, 6.07) is 0. The first-order valence-corrected chi connectivity index (χ1v) is 6.90. The Morgan fingerprint density at radius 1 is 1.23 bits per heavy atom. The zero-order valence-electron chi connectivity index (χ0n) is 6.70. The van der Waals surface area contributed by atoms with Gasteiger partial charge in [0.15, 0.2) is 0 Å². The lowest BCUT2D eigenvalue weighted by molar-refractivity contribution is 0.306. The van der Waals surface area contributed by atoms with Gasteiger partial charge in [0.2, 0.25) is 8.46 Å². The minimum absolute atomic E-state index is 0.635. The lowest BCUT2D eigenvalue weighted by Gasteiger charge is -2.07. The molecule has 7 nitrogen and oxygen atoms in total. The van der Waals surface area contributed by atoms with E-state index in [1.165, 1.54) is 0 Å². The standard InChI is InChI=1S/C3H7O7PS2/c1-9-13(7,8)3(11-4)10-12(2,5)6/h3H,1-2H3. The predicted molar refractivity (Wildman–Crippen MR) is 43.3 cm³/mol. The summed E-state index contributed by atoms with van der Waals surface area (Å²) in [5.74, 6) is 0. The van der Waals surface area contributed by atoms with Crippen molar-refractivity contribution in [3.63, 3.8) is 0 Å². The molecule has 0 saturated carbocycles. The first-order chi connectivity index (χ1) is 5.73. The SMILES string of the molecule is COS(=O)(=O)C(OS(C)(=O)=O)P=O. The second kappa shape index (κ2) is 4.43. The maximum Gasteiger partial charge on any atom is 0.307 e. The van der Waals surface area contributed by atoms with E-state index in [1.807, 2.05) is 0 Å². The quantitative estimate of drug-likeness (QED) is 0.479. The van der Waals surface area contributed by atoms with E-state index in [2.05, 4.69) is 8.37 Å². The third-order valence-corrected chi connectivity index (χ3v) is 3.99. The molecule has 78 valence electrons. The van der Waals surface area contributed by atoms with Gasteiger partial charge in [-0.05, 0) is 0 Å². The third kappa shape index (κ3) is 4.63. The highest BCUT2D eigenvalue weighted by molar-refractivity contribution is 7.93. The molecule has 0 spiro atoms. The first-order valence-electron chi connectivity index (χ1n) is 2.73. The van der Waals surface area contributed by atoms with Crippen LogP contribution in [0.4, 0.5) is 0 Å². The lowest BCUT2D eigenvalue weighted by atomic mass is 11.7. The Balaban J connectivity index is 4.86. The van der Waals surface area contributed by atoms with Crippen molar-refractivity contribution in [2.75, 3.05) is 13.4 Å². The van der Waals surface area contributed by atoms with Crippen LogP contribution in [0, 0.1) is 0 Å². The zero-order valence-corrected chi connectivity index (χ0v) is 9.23. The average molecular weight is 250 g/mol. The van der Waals surface area contributed by atoms with Crippen LogP contribution in [-0.4, -0.2) is 35.4 Å². The van der Waals surface area contributed by atoms with Crippen molar-refractivity contribution in [3.05, 3.63) is 0 Å². The van der Waals surface area contributed by atoms with Gasteiger partial charge in [0, 0.05) is 0 Å². The van der Waals surface area contributed by atoms with Gasteiger partial charge in [0.05, 0.1) is 13.4 Å². The second-order valence-electron chi connectivity index (χ2n) is 1.87. The van der Waals surface area contributed by atoms with Crippen LogP contribution in [0.2, 0.25) is 0 Å². The van der Waals surface area contributed by atoms with E-state index in [9.17, 15) is 21.4 Å². The average Bonchev–Trinajstić information content (AvgIpc) is 1.98. The molecule has 10 heteroatoms. The van der Waals surface area contributed by atoms with Gasteiger partial charge in [-0.2, -0.15) is 16.8 Å². The normalized spacial score (nSPS) is 15.8. The van der Waals surface area contributed by atoms with Crippen LogP contribution in [0.15, 0.2) is 0 Å². The molecular formula is C3H7O7PS2. The summed E-state index contributed by atoms with van der Waals surface area (Å²) in [5, 5.41) is -2.05. The highest BCUT2D eigenvalue weighted by atomic mass is 32.2. The summed E-state index contributed by atoms with van der Waals surface area (Å²) in [6.07, 6.45) is 0.635. The minimum Gasteiger partial charge on any atom is -0.271 e. The molecule has 13 heavy (non-hydrogen) atoms. The van der Waals surface area contributed by atoms with E-state index in [0.29, 0.717) is 6.26 Å². The summed E-state index contributed by atoms with van der Waals surface area (Å²) < 4.78 is 60.7. The van der Waals surface area contributed by atoms with Crippen molar-refractivity contribution >= 4 is 28.7 Å². The van der Waals surface area contributed by atoms with Gasteiger partial charge in [-0.3, -0.25) is 8.75 Å². The number of hydrogen-bond donors (Lipinski definition) is 0. The van der Waals surface area contributed by atoms with E-state index in [4.69, 9.17) is 0 Å². The molecule has 0 aliphatic heterocycles. The second-order valence-corrected chi connectivity index (χ2v) is 6.25. The molecule has 0 radical (unpaired) electrons.